The fourth-order valence-electron chi connectivity index (χ4n) is 6.91. The van der Waals surface area contributed by atoms with E-state index < -0.39 is 0 Å². The summed E-state index contributed by atoms with van der Waals surface area (Å²) in [6, 6.07) is 41.5. The summed E-state index contributed by atoms with van der Waals surface area (Å²) in [7, 11) is 0. The molecule has 0 saturated carbocycles. The minimum Gasteiger partial charge on any atom is -0.354 e. The van der Waals surface area contributed by atoms with Crippen LogP contribution in [0.15, 0.2) is 121 Å². The number of benzene rings is 6. The molecule has 1 N–H and O–H groups in total. The first kappa shape index (κ1) is 23.4. The molecule has 0 radical (unpaired) electrons. The summed E-state index contributed by atoms with van der Waals surface area (Å²) in [5.74, 6) is 0. The van der Waals surface area contributed by atoms with Crippen molar-refractivity contribution in [3.8, 4) is 11.4 Å². The van der Waals surface area contributed by atoms with Gasteiger partial charge in [-0.2, -0.15) is 0 Å². The van der Waals surface area contributed by atoms with Gasteiger partial charge in [0.25, 0.3) is 0 Å². The Balaban J connectivity index is 1.62. The van der Waals surface area contributed by atoms with Gasteiger partial charge in [0.1, 0.15) is 0 Å². The monoisotopic (exact) mass is 547 g/mol. The standard InChI is InChI=1S/C38H21N5/c1-39-23-15-19-25(20-16-23)42-31-13-7-4-10-28(31)34-36-33(27-9-3-6-12-30(27)41-36)37-35(38(34)42)29-11-5-8-14-32(29)43(37)26-21-17-24(40-2)18-22-26/h3-22,41H. The number of nitrogens with one attached hydrogen (secondary N) is 1. The predicted octanol–water partition coefficient (Wildman–Crippen LogP) is 10.6. The highest BCUT2D eigenvalue weighted by Gasteiger charge is 2.26. The maximum absolute atomic E-state index is 7.50. The van der Waals surface area contributed by atoms with Crippen LogP contribution < -0.4 is 0 Å². The molecule has 0 spiro atoms. The van der Waals surface area contributed by atoms with Crippen LogP contribution in [-0.4, -0.2) is 14.1 Å². The molecule has 6 aromatic carbocycles. The summed E-state index contributed by atoms with van der Waals surface area (Å²) in [5, 5.41) is 7.02. The van der Waals surface area contributed by atoms with Crippen LogP contribution in [0, 0.1) is 13.1 Å². The molecule has 0 aliphatic heterocycles. The van der Waals surface area contributed by atoms with Crippen LogP contribution in [0.2, 0.25) is 0 Å². The normalized spacial score (nSPS) is 11.7. The Hall–Kier alpha value is -6.30. The molecule has 0 atom stereocenters. The van der Waals surface area contributed by atoms with Gasteiger partial charge in [0.15, 0.2) is 11.4 Å². The largest absolute Gasteiger partial charge is 0.354 e. The minimum atomic E-state index is 0.618. The Labute approximate surface area is 246 Å². The van der Waals surface area contributed by atoms with Crippen molar-refractivity contribution in [2.24, 2.45) is 0 Å². The SMILES string of the molecule is [C-]#[N+]c1ccc(-n2c3ccccc3c3c4[nH]c5ccccc5c4c4c(c5ccccc5n4-c4ccc([N+]#[C-])cc4)c32)cc1. The molecule has 9 rings (SSSR count). The zero-order valence-electron chi connectivity index (χ0n) is 22.8. The van der Waals surface area contributed by atoms with E-state index in [2.05, 4.69) is 96.6 Å². The lowest BCUT2D eigenvalue weighted by atomic mass is 10.0. The molecule has 0 amide bonds. The molecule has 0 aliphatic rings. The lowest BCUT2D eigenvalue weighted by molar-refractivity contribution is 1.18. The first-order valence-electron chi connectivity index (χ1n) is 14.1. The number of aromatic amines is 1. The zero-order chi connectivity index (χ0) is 28.7. The van der Waals surface area contributed by atoms with Gasteiger partial charge in [-0.1, -0.05) is 78.9 Å². The maximum Gasteiger partial charge on any atom is 0.187 e. The van der Waals surface area contributed by atoms with Gasteiger partial charge >= 0.3 is 0 Å². The summed E-state index contributed by atoms with van der Waals surface area (Å²) >= 11 is 0. The van der Waals surface area contributed by atoms with Crippen LogP contribution >= 0.6 is 0 Å². The number of fused-ring (bicyclic) bond motifs is 12. The molecule has 3 heterocycles. The predicted molar refractivity (Wildman–Crippen MR) is 177 cm³/mol. The quantitative estimate of drug-likeness (QED) is 0.209. The highest BCUT2D eigenvalue weighted by atomic mass is 15.0. The van der Waals surface area contributed by atoms with Gasteiger partial charge in [0.05, 0.1) is 40.7 Å². The number of para-hydroxylation sites is 3. The average molecular weight is 548 g/mol. The highest BCUT2D eigenvalue weighted by Crippen LogP contribution is 2.48. The van der Waals surface area contributed by atoms with E-state index in [9.17, 15) is 0 Å². The van der Waals surface area contributed by atoms with Crippen molar-refractivity contribution in [1.29, 1.82) is 0 Å². The van der Waals surface area contributed by atoms with Crippen LogP contribution in [0.3, 0.4) is 0 Å². The topological polar surface area (TPSA) is 34.4 Å². The van der Waals surface area contributed by atoms with Crippen molar-refractivity contribution in [1.82, 2.24) is 14.1 Å². The molecule has 0 unspecified atom stereocenters. The lowest BCUT2D eigenvalue weighted by Crippen LogP contribution is -1.96. The molecule has 43 heavy (non-hydrogen) atoms. The molecule has 5 nitrogen and oxygen atoms in total. The number of hydrogen-bond acceptors (Lipinski definition) is 0. The lowest BCUT2D eigenvalue weighted by Gasteiger charge is -2.12. The summed E-state index contributed by atoms with van der Waals surface area (Å²) in [6.45, 7) is 15.0. The maximum atomic E-state index is 7.50. The average Bonchev–Trinajstić information content (AvgIpc) is 3.73. The molecular formula is C38H21N5. The van der Waals surface area contributed by atoms with Gasteiger partial charge in [0.2, 0.25) is 0 Å². The Morgan fingerprint density at radius 3 is 1.44 bits per heavy atom. The van der Waals surface area contributed by atoms with Crippen LogP contribution in [0.4, 0.5) is 11.4 Å². The third-order valence-corrected chi connectivity index (χ3v) is 8.65. The third-order valence-electron chi connectivity index (χ3n) is 8.65. The Morgan fingerprint density at radius 2 is 0.907 bits per heavy atom. The van der Waals surface area contributed by atoms with Crippen molar-refractivity contribution in [3.63, 3.8) is 0 Å². The van der Waals surface area contributed by atoms with Crippen LogP contribution in [-0.2, 0) is 0 Å². The Kier molecular flexibility index (Phi) is 4.68. The second-order valence-corrected chi connectivity index (χ2v) is 10.8. The number of H-pyrrole nitrogens is 1. The zero-order valence-corrected chi connectivity index (χ0v) is 22.8. The fraction of sp³-hybridized carbons (Fsp3) is 0. The van der Waals surface area contributed by atoms with Crippen molar-refractivity contribution in [2.75, 3.05) is 0 Å². The van der Waals surface area contributed by atoms with Gasteiger partial charge < -0.3 is 14.1 Å². The van der Waals surface area contributed by atoms with Gasteiger partial charge in [-0.15, -0.1) is 0 Å². The number of hydrogen-bond donors (Lipinski definition) is 1. The molecule has 5 heteroatoms. The molecule has 0 saturated heterocycles. The Bertz CT molecular complexity index is 2580. The fourth-order valence-corrected chi connectivity index (χ4v) is 6.91. The van der Waals surface area contributed by atoms with Gasteiger partial charge in [-0.05, 0) is 42.5 Å². The second-order valence-electron chi connectivity index (χ2n) is 10.8. The summed E-state index contributed by atoms with van der Waals surface area (Å²) in [5.41, 5.74) is 9.90. The van der Waals surface area contributed by atoms with Crippen LogP contribution in [0.25, 0.3) is 86.5 Å². The van der Waals surface area contributed by atoms with E-state index in [0.29, 0.717) is 11.4 Å². The van der Waals surface area contributed by atoms with Crippen molar-refractivity contribution in [3.05, 3.63) is 144 Å². The minimum absolute atomic E-state index is 0.618. The first-order valence-corrected chi connectivity index (χ1v) is 14.1. The third kappa shape index (κ3) is 3.08. The van der Waals surface area contributed by atoms with Crippen molar-refractivity contribution >= 4 is 76.8 Å². The van der Waals surface area contributed by atoms with Gasteiger partial charge in [-0.3, -0.25) is 0 Å². The molecule has 0 bridgehead atoms. The van der Waals surface area contributed by atoms with Gasteiger partial charge in [0, 0.05) is 49.2 Å². The van der Waals surface area contributed by atoms with Crippen molar-refractivity contribution < 1.29 is 0 Å². The molecule has 0 fully saturated rings. The second kappa shape index (κ2) is 8.60. The molecule has 198 valence electrons. The van der Waals surface area contributed by atoms with Crippen LogP contribution in [0.1, 0.15) is 0 Å². The van der Waals surface area contributed by atoms with E-state index in [1.165, 1.54) is 26.9 Å². The molecule has 0 aliphatic carbocycles. The Morgan fingerprint density at radius 1 is 0.465 bits per heavy atom. The first-order chi connectivity index (χ1) is 21.3. The van der Waals surface area contributed by atoms with Gasteiger partial charge in [-0.25, -0.2) is 9.69 Å². The van der Waals surface area contributed by atoms with Crippen molar-refractivity contribution in [2.45, 2.75) is 0 Å². The smallest absolute Gasteiger partial charge is 0.187 e. The van der Waals surface area contributed by atoms with E-state index in [4.69, 9.17) is 13.1 Å². The van der Waals surface area contributed by atoms with E-state index in [1.54, 1.807) is 0 Å². The number of nitrogens with zero attached hydrogens (tertiary/aromatic N) is 4. The molecule has 9 aromatic rings. The summed E-state index contributed by atoms with van der Waals surface area (Å²) < 4.78 is 4.70. The highest BCUT2D eigenvalue weighted by molar-refractivity contribution is 6.39. The molecule has 3 aromatic heterocycles. The van der Waals surface area contributed by atoms with E-state index in [-0.39, 0.29) is 0 Å². The van der Waals surface area contributed by atoms with E-state index in [0.717, 1.165) is 49.9 Å². The summed E-state index contributed by atoms with van der Waals surface area (Å²) in [6.07, 6.45) is 0. The molecular weight excluding hydrogens is 526 g/mol. The van der Waals surface area contributed by atoms with E-state index in [1.807, 2.05) is 48.5 Å². The van der Waals surface area contributed by atoms with E-state index >= 15 is 0 Å². The summed E-state index contributed by atoms with van der Waals surface area (Å²) in [4.78, 5) is 11.1. The van der Waals surface area contributed by atoms with Crippen LogP contribution in [0.5, 0.6) is 0 Å². The number of aromatic nitrogens is 3. The number of rotatable bonds is 2.